The quantitative estimate of drug-likeness (QED) is 0.690. The Morgan fingerprint density at radius 1 is 1.10 bits per heavy atom. The number of carbonyl (C=O) groups excluding carboxylic acids is 2. The third kappa shape index (κ3) is 6.42. The molecule has 2 aromatic rings. The van der Waals surface area contributed by atoms with E-state index in [1.165, 1.54) is 7.05 Å². The topological polar surface area (TPSA) is 111 Å². The second kappa shape index (κ2) is 10.9. The van der Waals surface area contributed by atoms with Crippen molar-refractivity contribution in [2.45, 2.75) is 0 Å². The highest BCUT2D eigenvalue weighted by atomic mass is 16.6. The Morgan fingerprint density at radius 2 is 1.81 bits per heavy atom. The van der Waals surface area contributed by atoms with Crippen LogP contribution < -0.4 is 15.5 Å². The molecule has 1 saturated heterocycles. The number of piperazine rings is 1. The van der Waals surface area contributed by atoms with E-state index in [4.69, 9.17) is 10.00 Å². The Labute approximate surface area is 181 Å². The standard InChI is InChI=1S/C22H26N6O3/c1-24-21(29)16-31-22(30)25-8-9-27-10-12-28(13-11-27)20-7-6-19(15-26-20)18-4-2-17(14-23)3-5-18/h2-7,15H,8-13,16H2,1H3,(H,24,29)(H,25,30). The normalized spacial score (nSPS) is 13.9. The largest absolute Gasteiger partial charge is 0.439 e. The molecule has 0 atom stereocenters. The van der Waals surface area contributed by atoms with E-state index in [0.29, 0.717) is 18.7 Å². The summed E-state index contributed by atoms with van der Waals surface area (Å²) in [6, 6.07) is 13.7. The first-order valence-corrected chi connectivity index (χ1v) is 10.1. The Morgan fingerprint density at radius 3 is 2.42 bits per heavy atom. The third-order valence-corrected chi connectivity index (χ3v) is 5.10. The molecule has 0 spiro atoms. The Balaban J connectivity index is 1.40. The minimum absolute atomic E-state index is 0.280. The van der Waals surface area contributed by atoms with Gasteiger partial charge in [0.15, 0.2) is 6.61 Å². The molecule has 162 valence electrons. The Bertz CT molecular complexity index is 916. The number of amides is 2. The van der Waals surface area contributed by atoms with Crippen LogP contribution in [0, 0.1) is 11.3 Å². The van der Waals surface area contributed by atoms with E-state index in [0.717, 1.165) is 43.1 Å². The molecular formula is C22H26N6O3. The van der Waals surface area contributed by atoms with Crippen LogP contribution in [0.2, 0.25) is 0 Å². The maximum absolute atomic E-state index is 11.5. The molecule has 1 aliphatic heterocycles. The summed E-state index contributed by atoms with van der Waals surface area (Å²) in [5.41, 5.74) is 2.69. The molecule has 31 heavy (non-hydrogen) atoms. The van der Waals surface area contributed by atoms with E-state index in [1.54, 1.807) is 12.1 Å². The lowest BCUT2D eigenvalue weighted by atomic mass is 10.1. The van der Waals surface area contributed by atoms with Crippen molar-refractivity contribution in [1.82, 2.24) is 20.5 Å². The van der Waals surface area contributed by atoms with E-state index >= 15 is 0 Å². The van der Waals surface area contributed by atoms with Crippen LogP contribution in [0.15, 0.2) is 42.6 Å². The molecule has 2 N–H and O–H groups in total. The summed E-state index contributed by atoms with van der Waals surface area (Å²) in [4.78, 5) is 31.7. The minimum Gasteiger partial charge on any atom is -0.439 e. The number of anilines is 1. The fourth-order valence-corrected chi connectivity index (χ4v) is 3.25. The second-order valence-corrected chi connectivity index (χ2v) is 7.10. The first-order chi connectivity index (χ1) is 15.1. The van der Waals surface area contributed by atoms with Crippen molar-refractivity contribution in [3.05, 3.63) is 48.2 Å². The van der Waals surface area contributed by atoms with Gasteiger partial charge >= 0.3 is 6.09 Å². The van der Waals surface area contributed by atoms with Gasteiger partial charge in [-0.25, -0.2) is 9.78 Å². The van der Waals surface area contributed by atoms with Crippen LogP contribution in [-0.4, -0.2) is 74.8 Å². The van der Waals surface area contributed by atoms with Crippen molar-refractivity contribution in [2.24, 2.45) is 0 Å². The maximum atomic E-state index is 11.5. The van der Waals surface area contributed by atoms with Crippen LogP contribution in [0.5, 0.6) is 0 Å². The first kappa shape index (κ1) is 22.1. The molecule has 9 nitrogen and oxygen atoms in total. The highest BCUT2D eigenvalue weighted by Gasteiger charge is 2.18. The molecule has 2 amide bonds. The second-order valence-electron chi connectivity index (χ2n) is 7.10. The van der Waals surface area contributed by atoms with Gasteiger partial charge in [-0.15, -0.1) is 0 Å². The zero-order valence-electron chi connectivity index (χ0n) is 17.5. The number of ether oxygens (including phenoxy) is 1. The summed E-state index contributed by atoms with van der Waals surface area (Å²) in [7, 11) is 1.49. The summed E-state index contributed by atoms with van der Waals surface area (Å²) >= 11 is 0. The average molecular weight is 422 g/mol. The number of hydrogen-bond acceptors (Lipinski definition) is 7. The fourth-order valence-electron chi connectivity index (χ4n) is 3.25. The maximum Gasteiger partial charge on any atom is 0.407 e. The highest BCUT2D eigenvalue weighted by molar-refractivity contribution is 5.79. The summed E-state index contributed by atoms with van der Waals surface area (Å²) in [5.74, 6) is 0.595. The Hall–Kier alpha value is -3.64. The van der Waals surface area contributed by atoms with Crippen LogP contribution in [0.25, 0.3) is 11.1 Å². The Kier molecular flexibility index (Phi) is 7.79. The van der Waals surface area contributed by atoms with E-state index in [9.17, 15) is 9.59 Å². The fraction of sp³-hybridized carbons (Fsp3) is 0.364. The molecule has 1 aromatic carbocycles. The third-order valence-electron chi connectivity index (χ3n) is 5.10. The molecule has 0 saturated carbocycles. The van der Waals surface area contributed by atoms with E-state index in [1.807, 2.05) is 30.5 Å². The number of carbonyl (C=O) groups is 2. The van der Waals surface area contributed by atoms with Gasteiger partial charge in [0, 0.05) is 58.1 Å². The lowest BCUT2D eigenvalue weighted by Crippen LogP contribution is -2.48. The zero-order chi connectivity index (χ0) is 22.1. The first-order valence-electron chi connectivity index (χ1n) is 10.1. The highest BCUT2D eigenvalue weighted by Crippen LogP contribution is 2.22. The van der Waals surface area contributed by atoms with Crippen molar-refractivity contribution in [2.75, 3.05) is 57.8 Å². The van der Waals surface area contributed by atoms with Gasteiger partial charge in [0.1, 0.15) is 5.82 Å². The summed E-state index contributed by atoms with van der Waals surface area (Å²) in [5, 5.41) is 14.0. The van der Waals surface area contributed by atoms with Gasteiger partial charge in [0.2, 0.25) is 0 Å². The molecule has 0 bridgehead atoms. The number of rotatable bonds is 7. The van der Waals surface area contributed by atoms with Crippen LogP contribution in [0.4, 0.5) is 10.6 Å². The van der Waals surface area contributed by atoms with Crippen LogP contribution >= 0.6 is 0 Å². The smallest absolute Gasteiger partial charge is 0.407 e. The molecule has 1 fully saturated rings. The van der Waals surface area contributed by atoms with Gasteiger partial charge < -0.3 is 20.3 Å². The molecule has 1 aliphatic rings. The van der Waals surface area contributed by atoms with Gasteiger partial charge in [0.25, 0.3) is 5.91 Å². The van der Waals surface area contributed by atoms with Crippen molar-refractivity contribution in [3.8, 4) is 17.2 Å². The number of benzene rings is 1. The lowest BCUT2D eigenvalue weighted by Gasteiger charge is -2.35. The van der Waals surface area contributed by atoms with Gasteiger partial charge in [-0.2, -0.15) is 5.26 Å². The molecule has 0 unspecified atom stereocenters. The summed E-state index contributed by atoms with van der Waals surface area (Å²) < 4.78 is 4.80. The summed E-state index contributed by atoms with van der Waals surface area (Å²) in [6.45, 7) is 4.34. The molecule has 0 radical (unpaired) electrons. The number of nitrogens with one attached hydrogen (secondary N) is 2. The number of pyridine rings is 1. The number of hydrogen-bond donors (Lipinski definition) is 2. The van der Waals surface area contributed by atoms with E-state index < -0.39 is 6.09 Å². The van der Waals surface area contributed by atoms with Crippen molar-refractivity contribution >= 4 is 17.8 Å². The van der Waals surface area contributed by atoms with Gasteiger partial charge in [0.05, 0.1) is 11.6 Å². The van der Waals surface area contributed by atoms with Crippen molar-refractivity contribution in [3.63, 3.8) is 0 Å². The van der Waals surface area contributed by atoms with Crippen LogP contribution in [0.1, 0.15) is 5.56 Å². The number of alkyl carbamates (subject to hydrolysis) is 1. The number of aromatic nitrogens is 1. The molecule has 0 aliphatic carbocycles. The number of nitriles is 1. The van der Waals surface area contributed by atoms with E-state index in [2.05, 4.69) is 31.5 Å². The van der Waals surface area contributed by atoms with Crippen LogP contribution in [-0.2, 0) is 9.53 Å². The lowest BCUT2D eigenvalue weighted by molar-refractivity contribution is -0.123. The predicted molar refractivity (Wildman–Crippen MR) is 116 cm³/mol. The van der Waals surface area contributed by atoms with E-state index in [-0.39, 0.29) is 12.5 Å². The molecule has 9 heteroatoms. The number of nitrogens with zero attached hydrogens (tertiary/aromatic N) is 4. The minimum atomic E-state index is -0.589. The molecule has 2 heterocycles. The van der Waals surface area contributed by atoms with Gasteiger partial charge in [-0.3, -0.25) is 9.69 Å². The molecular weight excluding hydrogens is 396 g/mol. The monoisotopic (exact) mass is 422 g/mol. The SMILES string of the molecule is CNC(=O)COC(=O)NCCN1CCN(c2ccc(-c3ccc(C#N)cc3)cn2)CC1. The summed E-state index contributed by atoms with van der Waals surface area (Å²) in [6.07, 6.45) is 1.27. The average Bonchev–Trinajstić information content (AvgIpc) is 2.83. The zero-order valence-corrected chi connectivity index (χ0v) is 17.5. The molecule has 1 aromatic heterocycles. The van der Waals surface area contributed by atoms with Crippen LogP contribution in [0.3, 0.4) is 0 Å². The van der Waals surface area contributed by atoms with Crippen molar-refractivity contribution < 1.29 is 14.3 Å². The number of likely N-dealkylation sites (N-methyl/N-ethyl adjacent to an activating group) is 1. The van der Waals surface area contributed by atoms with Gasteiger partial charge in [-0.1, -0.05) is 12.1 Å². The molecule has 3 rings (SSSR count). The van der Waals surface area contributed by atoms with Crippen molar-refractivity contribution in [1.29, 1.82) is 5.26 Å². The predicted octanol–water partition coefficient (Wildman–Crippen LogP) is 1.21. The van der Waals surface area contributed by atoms with Gasteiger partial charge in [-0.05, 0) is 29.8 Å².